The van der Waals surface area contributed by atoms with Crippen molar-refractivity contribution in [3.8, 4) is 5.75 Å². The summed E-state index contributed by atoms with van der Waals surface area (Å²) in [6, 6.07) is 10.6. The first-order valence-corrected chi connectivity index (χ1v) is 11.3. The first-order valence-electron chi connectivity index (χ1n) is 8.63. The third-order valence-electron chi connectivity index (χ3n) is 3.51. The molecule has 12 heteroatoms. The van der Waals surface area contributed by atoms with E-state index < -0.39 is 21.9 Å². The molecule has 0 unspecified atom stereocenters. The second kappa shape index (κ2) is 10.4. The van der Waals surface area contributed by atoms with Crippen LogP contribution in [0.15, 0.2) is 56.2 Å². The maximum absolute atomic E-state index is 12.6. The third kappa shape index (κ3) is 6.68. The number of nitrogens with zero attached hydrogens (tertiary/aromatic N) is 1. The van der Waals surface area contributed by atoms with E-state index in [0.717, 1.165) is 6.42 Å². The van der Waals surface area contributed by atoms with Gasteiger partial charge in [-0.3, -0.25) is 10.1 Å². The van der Waals surface area contributed by atoms with Gasteiger partial charge in [0.05, 0.1) is 17.1 Å². The average molecular weight is 514 g/mol. The largest absolute Gasteiger partial charge is 0.493 e. The van der Waals surface area contributed by atoms with Crippen molar-refractivity contribution >= 4 is 60.8 Å². The molecule has 0 heterocycles. The molecule has 0 atom stereocenters. The fourth-order valence-electron chi connectivity index (χ4n) is 2.25. The Kier molecular flexibility index (Phi) is 8.15. The molecule has 0 aromatic heterocycles. The SMILES string of the molecule is CCCOc1ccc(Br)cc1C(=O)NC(=S)Nc1ccc(S(=O)(=O)N=C(N)N)cc1. The summed E-state index contributed by atoms with van der Waals surface area (Å²) in [7, 11) is -3.99. The lowest BCUT2D eigenvalue weighted by atomic mass is 10.2. The van der Waals surface area contributed by atoms with E-state index in [1.807, 2.05) is 6.92 Å². The lowest BCUT2D eigenvalue weighted by Gasteiger charge is -2.13. The molecule has 0 bridgehead atoms. The number of sulfonamides is 1. The molecule has 2 aromatic carbocycles. The van der Waals surface area contributed by atoms with E-state index in [0.29, 0.717) is 28.1 Å². The summed E-state index contributed by atoms with van der Waals surface area (Å²) in [5, 5.41) is 5.40. The third-order valence-corrected chi connectivity index (χ3v) is 5.53. The molecule has 0 saturated carbocycles. The van der Waals surface area contributed by atoms with E-state index in [1.165, 1.54) is 24.3 Å². The van der Waals surface area contributed by atoms with Crippen LogP contribution in [0, 0.1) is 0 Å². The van der Waals surface area contributed by atoms with Crippen LogP contribution in [0.5, 0.6) is 5.75 Å². The van der Waals surface area contributed by atoms with Crippen LogP contribution in [-0.2, 0) is 10.0 Å². The van der Waals surface area contributed by atoms with Crippen LogP contribution in [0.4, 0.5) is 5.69 Å². The predicted molar refractivity (Wildman–Crippen MR) is 123 cm³/mol. The molecule has 160 valence electrons. The maximum atomic E-state index is 12.6. The van der Waals surface area contributed by atoms with Gasteiger partial charge in [-0.15, -0.1) is 4.40 Å². The zero-order valence-corrected chi connectivity index (χ0v) is 19.1. The van der Waals surface area contributed by atoms with Crippen molar-refractivity contribution in [2.45, 2.75) is 18.2 Å². The Balaban J connectivity index is 2.08. The van der Waals surface area contributed by atoms with Crippen molar-refractivity contribution in [3.05, 3.63) is 52.5 Å². The van der Waals surface area contributed by atoms with Gasteiger partial charge < -0.3 is 21.5 Å². The molecule has 1 amide bonds. The Morgan fingerprint density at radius 2 is 1.87 bits per heavy atom. The van der Waals surface area contributed by atoms with Gasteiger partial charge in [-0.25, -0.2) is 0 Å². The number of anilines is 1. The van der Waals surface area contributed by atoms with Gasteiger partial charge >= 0.3 is 0 Å². The highest BCUT2D eigenvalue weighted by Gasteiger charge is 2.16. The fourth-order valence-corrected chi connectivity index (χ4v) is 3.69. The van der Waals surface area contributed by atoms with Crippen LogP contribution in [0.3, 0.4) is 0 Å². The molecule has 6 N–H and O–H groups in total. The first-order chi connectivity index (χ1) is 14.1. The summed E-state index contributed by atoms with van der Waals surface area (Å²) in [6.07, 6.45) is 0.798. The molecular weight excluding hydrogens is 494 g/mol. The normalized spacial score (nSPS) is 10.7. The summed E-state index contributed by atoms with van der Waals surface area (Å²) in [5.41, 5.74) is 11.0. The van der Waals surface area contributed by atoms with Crippen molar-refractivity contribution in [1.29, 1.82) is 0 Å². The zero-order valence-electron chi connectivity index (χ0n) is 15.9. The van der Waals surface area contributed by atoms with E-state index in [-0.39, 0.29) is 10.0 Å². The van der Waals surface area contributed by atoms with Crippen LogP contribution in [-0.4, -0.2) is 32.0 Å². The fraction of sp³-hybridized carbons (Fsp3) is 0.167. The zero-order chi connectivity index (χ0) is 22.3. The monoisotopic (exact) mass is 513 g/mol. The van der Waals surface area contributed by atoms with Gasteiger partial charge in [0.15, 0.2) is 5.11 Å². The summed E-state index contributed by atoms with van der Waals surface area (Å²) in [4.78, 5) is 12.5. The molecule has 0 aliphatic rings. The molecule has 0 radical (unpaired) electrons. The summed E-state index contributed by atoms with van der Waals surface area (Å²) < 4.78 is 33.4. The number of nitrogens with two attached hydrogens (primary N) is 2. The predicted octanol–water partition coefficient (Wildman–Crippen LogP) is 2.33. The van der Waals surface area contributed by atoms with Gasteiger partial charge in [0.1, 0.15) is 5.75 Å². The van der Waals surface area contributed by atoms with E-state index in [9.17, 15) is 13.2 Å². The number of hydrogen-bond acceptors (Lipinski definition) is 5. The number of ether oxygens (including phenoxy) is 1. The van der Waals surface area contributed by atoms with Crippen LogP contribution in [0.2, 0.25) is 0 Å². The lowest BCUT2D eigenvalue weighted by molar-refractivity contribution is 0.0973. The minimum absolute atomic E-state index is 0.0289. The standard InChI is InChI=1S/C18H20BrN5O4S2/c1-2-9-28-15-8-3-11(19)10-14(15)16(25)23-18(29)22-12-4-6-13(7-5-12)30(26,27)24-17(20)21/h3-8,10H,2,9H2,1H3,(H4,20,21,24)(H2,22,23,25,29). The second-order valence-electron chi connectivity index (χ2n) is 5.91. The number of rotatable bonds is 7. The highest BCUT2D eigenvalue weighted by molar-refractivity contribution is 9.10. The first kappa shape index (κ1) is 23.6. The molecule has 30 heavy (non-hydrogen) atoms. The number of halogens is 1. The van der Waals surface area contributed by atoms with Crippen molar-refractivity contribution < 1.29 is 17.9 Å². The Hall–Kier alpha value is -2.70. The smallest absolute Gasteiger partial charge is 0.285 e. The number of amides is 1. The molecule has 0 aliphatic heterocycles. The summed E-state index contributed by atoms with van der Waals surface area (Å²) in [6.45, 7) is 2.44. The number of thiocarbonyl (C=S) groups is 1. The van der Waals surface area contributed by atoms with E-state index in [2.05, 4.69) is 31.0 Å². The van der Waals surface area contributed by atoms with Gasteiger partial charge in [0, 0.05) is 10.2 Å². The number of hydrogen-bond donors (Lipinski definition) is 4. The van der Waals surface area contributed by atoms with Crippen molar-refractivity contribution in [1.82, 2.24) is 5.32 Å². The van der Waals surface area contributed by atoms with Crippen molar-refractivity contribution in [2.75, 3.05) is 11.9 Å². The number of carbonyl (C=O) groups is 1. The van der Waals surface area contributed by atoms with Crippen LogP contribution in [0.1, 0.15) is 23.7 Å². The topological polar surface area (TPSA) is 149 Å². The molecule has 0 spiro atoms. The minimum atomic E-state index is -3.99. The molecule has 0 fully saturated rings. The highest BCUT2D eigenvalue weighted by Crippen LogP contribution is 2.23. The Morgan fingerprint density at radius 1 is 1.20 bits per heavy atom. The summed E-state index contributed by atoms with van der Waals surface area (Å²) >= 11 is 8.50. The van der Waals surface area contributed by atoms with Crippen LogP contribution in [0.25, 0.3) is 0 Å². The van der Waals surface area contributed by atoms with Gasteiger partial charge in [0.25, 0.3) is 15.9 Å². The highest BCUT2D eigenvalue weighted by atomic mass is 79.9. The maximum Gasteiger partial charge on any atom is 0.285 e. The second-order valence-corrected chi connectivity index (χ2v) is 8.84. The van der Waals surface area contributed by atoms with E-state index in [4.69, 9.17) is 28.4 Å². The number of guanidine groups is 1. The molecule has 9 nitrogen and oxygen atoms in total. The lowest BCUT2D eigenvalue weighted by Crippen LogP contribution is -2.34. The molecular formula is C18H20BrN5O4S2. The van der Waals surface area contributed by atoms with Crippen LogP contribution < -0.4 is 26.8 Å². The van der Waals surface area contributed by atoms with Gasteiger partial charge in [-0.05, 0) is 61.1 Å². The molecule has 0 saturated heterocycles. The van der Waals surface area contributed by atoms with Crippen molar-refractivity contribution in [3.63, 3.8) is 0 Å². The minimum Gasteiger partial charge on any atom is -0.493 e. The molecule has 2 aromatic rings. The Morgan fingerprint density at radius 3 is 2.47 bits per heavy atom. The summed E-state index contributed by atoms with van der Waals surface area (Å²) in [5.74, 6) is -0.572. The van der Waals surface area contributed by atoms with Crippen LogP contribution >= 0.6 is 28.1 Å². The van der Waals surface area contributed by atoms with E-state index >= 15 is 0 Å². The van der Waals surface area contributed by atoms with Gasteiger partial charge in [-0.2, -0.15) is 8.42 Å². The Labute approximate surface area is 188 Å². The van der Waals surface area contributed by atoms with E-state index in [1.54, 1.807) is 18.2 Å². The number of benzene rings is 2. The quantitative estimate of drug-likeness (QED) is 0.250. The Bertz CT molecular complexity index is 1070. The van der Waals surface area contributed by atoms with Crippen molar-refractivity contribution in [2.24, 2.45) is 15.9 Å². The van der Waals surface area contributed by atoms with Gasteiger partial charge in [0.2, 0.25) is 5.96 Å². The molecule has 0 aliphatic carbocycles. The average Bonchev–Trinajstić information content (AvgIpc) is 2.66. The number of carbonyl (C=O) groups excluding carboxylic acids is 1. The molecule has 2 rings (SSSR count). The van der Waals surface area contributed by atoms with Gasteiger partial charge in [-0.1, -0.05) is 22.9 Å². The number of nitrogens with one attached hydrogen (secondary N) is 2.